The minimum Gasteiger partial charge on any atom is -0.350 e. The second-order valence-electron chi connectivity index (χ2n) is 7.59. The number of hydrogen-bond acceptors (Lipinski definition) is 5. The Morgan fingerprint density at radius 3 is 2.84 bits per heavy atom. The molecule has 0 spiro atoms. The van der Waals surface area contributed by atoms with Crippen molar-refractivity contribution in [1.29, 1.82) is 0 Å². The number of nitrogens with zero attached hydrogens (tertiary/aromatic N) is 3. The summed E-state index contributed by atoms with van der Waals surface area (Å²) in [6.45, 7) is 2.00. The van der Waals surface area contributed by atoms with Gasteiger partial charge in [-0.2, -0.15) is 0 Å². The maximum atomic E-state index is 12.9. The van der Waals surface area contributed by atoms with Gasteiger partial charge in [-0.05, 0) is 60.3 Å². The van der Waals surface area contributed by atoms with Crippen LogP contribution in [-0.4, -0.2) is 20.4 Å². The third-order valence-electron chi connectivity index (χ3n) is 5.35. The molecule has 0 bridgehead atoms. The number of carbonyl (C=O) groups excluding carboxylic acids is 1. The van der Waals surface area contributed by atoms with Crippen LogP contribution >= 0.6 is 11.3 Å². The SMILES string of the molecule is Cc1ccc(C(=O)Nc2ccc3ccn(C)c3c2)cc1Nc1nc(-c2cccnc2)cs1. The summed E-state index contributed by atoms with van der Waals surface area (Å²) in [6, 6.07) is 17.5. The largest absolute Gasteiger partial charge is 0.350 e. The molecular formula is C25H21N5OS. The number of anilines is 3. The van der Waals surface area contributed by atoms with E-state index < -0.39 is 0 Å². The monoisotopic (exact) mass is 439 g/mol. The third kappa shape index (κ3) is 3.98. The molecule has 1 amide bonds. The molecule has 0 radical (unpaired) electrons. The number of benzene rings is 2. The van der Waals surface area contributed by atoms with E-state index in [1.54, 1.807) is 12.4 Å². The molecule has 0 atom stereocenters. The summed E-state index contributed by atoms with van der Waals surface area (Å²) in [4.78, 5) is 21.7. The molecule has 3 heterocycles. The predicted octanol–water partition coefficient (Wildman–Crippen LogP) is 6.00. The molecule has 5 aromatic rings. The van der Waals surface area contributed by atoms with Crippen molar-refractivity contribution in [2.45, 2.75) is 6.92 Å². The molecule has 0 unspecified atom stereocenters. The highest BCUT2D eigenvalue weighted by Gasteiger charge is 2.11. The summed E-state index contributed by atoms with van der Waals surface area (Å²) in [5.74, 6) is -0.156. The van der Waals surface area contributed by atoms with E-state index >= 15 is 0 Å². The lowest BCUT2D eigenvalue weighted by atomic mass is 10.1. The maximum Gasteiger partial charge on any atom is 0.255 e. The molecule has 158 valence electrons. The molecule has 0 fully saturated rings. The highest BCUT2D eigenvalue weighted by Crippen LogP contribution is 2.29. The number of nitrogens with one attached hydrogen (secondary N) is 2. The first-order chi connectivity index (χ1) is 15.6. The number of amides is 1. The smallest absolute Gasteiger partial charge is 0.255 e. The molecule has 3 aromatic heterocycles. The zero-order valence-corrected chi connectivity index (χ0v) is 18.5. The van der Waals surface area contributed by atoms with E-state index in [1.165, 1.54) is 11.3 Å². The summed E-state index contributed by atoms with van der Waals surface area (Å²) in [6.07, 6.45) is 5.54. The van der Waals surface area contributed by atoms with Gasteiger partial charge in [0.2, 0.25) is 0 Å². The maximum absolute atomic E-state index is 12.9. The minimum absolute atomic E-state index is 0.156. The summed E-state index contributed by atoms with van der Waals surface area (Å²) in [5.41, 5.74) is 6.13. The van der Waals surface area contributed by atoms with Gasteiger partial charge in [-0.25, -0.2) is 4.98 Å². The van der Waals surface area contributed by atoms with Crippen molar-refractivity contribution in [3.8, 4) is 11.3 Å². The highest BCUT2D eigenvalue weighted by molar-refractivity contribution is 7.14. The number of pyridine rings is 1. The van der Waals surface area contributed by atoms with Gasteiger partial charge < -0.3 is 15.2 Å². The van der Waals surface area contributed by atoms with Gasteiger partial charge in [-0.15, -0.1) is 11.3 Å². The second kappa shape index (κ2) is 8.28. The Kier molecular flexibility index (Phi) is 5.17. The van der Waals surface area contributed by atoms with Gasteiger partial charge >= 0.3 is 0 Å². The van der Waals surface area contributed by atoms with Crippen LogP contribution in [-0.2, 0) is 7.05 Å². The Hall–Kier alpha value is -3.97. The fourth-order valence-corrected chi connectivity index (χ4v) is 4.27. The molecule has 2 aromatic carbocycles. The molecule has 0 aliphatic rings. The second-order valence-corrected chi connectivity index (χ2v) is 8.45. The molecule has 6 nitrogen and oxygen atoms in total. The van der Waals surface area contributed by atoms with E-state index in [0.29, 0.717) is 5.56 Å². The lowest BCUT2D eigenvalue weighted by molar-refractivity contribution is 0.102. The quantitative estimate of drug-likeness (QED) is 0.352. The van der Waals surface area contributed by atoms with Gasteiger partial charge in [0.15, 0.2) is 5.13 Å². The number of hydrogen-bond donors (Lipinski definition) is 2. The van der Waals surface area contributed by atoms with Crippen molar-refractivity contribution < 1.29 is 4.79 Å². The summed E-state index contributed by atoms with van der Waals surface area (Å²) < 4.78 is 2.03. The number of rotatable bonds is 5. The van der Waals surface area contributed by atoms with Crippen LogP contribution in [0, 0.1) is 6.92 Å². The lowest BCUT2D eigenvalue weighted by Gasteiger charge is -2.11. The van der Waals surface area contributed by atoms with Gasteiger partial charge in [-0.3, -0.25) is 9.78 Å². The van der Waals surface area contributed by atoms with Crippen LogP contribution in [0.25, 0.3) is 22.2 Å². The Labute approximate surface area is 189 Å². The molecule has 5 rings (SSSR count). The van der Waals surface area contributed by atoms with E-state index in [2.05, 4.69) is 26.7 Å². The molecular weight excluding hydrogens is 418 g/mol. The number of aromatic nitrogens is 3. The van der Waals surface area contributed by atoms with Crippen LogP contribution in [0.4, 0.5) is 16.5 Å². The topological polar surface area (TPSA) is 71.8 Å². The van der Waals surface area contributed by atoms with Gasteiger partial charge in [-0.1, -0.05) is 12.1 Å². The Morgan fingerprint density at radius 1 is 1.09 bits per heavy atom. The summed E-state index contributed by atoms with van der Waals surface area (Å²) >= 11 is 1.52. The number of aryl methyl sites for hydroxylation is 2. The van der Waals surface area contributed by atoms with Gasteiger partial charge in [0, 0.05) is 59.0 Å². The highest BCUT2D eigenvalue weighted by atomic mass is 32.1. The molecule has 0 saturated heterocycles. The molecule has 32 heavy (non-hydrogen) atoms. The van der Waals surface area contributed by atoms with Crippen LogP contribution in [0.15, 0.2) is 78.6 Å². The number of fused-ring (bicyclic) bond motifs is 1. The average Bonchev–Trinajstić information content (AvgIpc) is 3.43. The van der Waals surface area contributed by atoms with Crippen molar-refractivity contribution in [3.63, 3.8) is 0 Å². The normalized spacial score (nSPS) is 10.9. The number of thiazole rings is 1. The van der Waals surface area contributed by atoms with Crippen molar-refractivity contribution in [1.82, 2.24) is 14.5 Å². The summed E-state index contributed by atoms with van der Waals surface area (Å²) in [7, 11) is 1.99. The van der Waals surface area contributed by atoms with E-state index in [-0.39, 0.29) is 5.91 Å². The number of carbonyl (C=O) groups is 1. The van der Waals surface area contributed by atoms with E-state index in [4.69, 9.17) is 0 Å². The van der Waals surface area contributed by atoms with Crippen molar-refractivity contribution in [3.05, 3.63) is 89.7 Å². The fourth-order valence-electron chi connectivity index (χ4n) is 3.53. The zero-order chi connectivity index (χ0) is 22.1. The molecule has 2 N–H and O–H groups in total. The fraction of sp³-hybridized carbons (Fsp3) is 0.0800. The first-order valence-electron chi connectivity index (χ1n) is 10.2. The molecule has 0 saturated carbocycles. The predicted molar refractivity (Wildman–Crippen MR) is 131 cm³/mol. The van der Waals surface area contributed by atoms with E-state index in [1.807, 2.05) is 78.6 Å². The molecule has 0 aliphatic carbocycles. The first kappa shape index (κ1) is 20.0. The van der Waals surface area contributed by atoms with Crippen LogP contribution in [0.2, 0.25) is 0 Å². The van der Waals surface area contributed by atoms with Gasteiger partial charge in [0.1, 0.15) is 0 Å². The average molecular weight is 440 g/mol. The van der Waals surface area contributed by atoms with Crippen LogP contribution < -0.4 is 10.6 Å². The molecule has 0 aliphatic heterocycles. The van der Waals surface area contributed by atoms with Crippen LogP contribution in [0.1, 0.15) is 15.9 Å². The zero-order valence-electron chi connectivity index (χ0n) is 17.7. The first-order valence-corrected chi connectivity index (χ1v) is 11.0. The van der Waals surface area contributed by atoms with Crippen molar-refractivity contribution in [2.75, 3.05) is 10.6 Å². The van der Waals surface area contributed by atoms with E-state index in [9.17, 15) is 4.79 Å². The Morgan fingerprint density at radius 2 is 2.00 bits per heavy atom. The van der Waals surface area contributed by atoms with E-state index in [0.717, 1.165) is 44.2 Å². The van der Waals surface area contributed by atoms with Crippen molar-refractivity contribution in [2.24, 2.45) is 7.05 Å². The summed E-state index contributed by atoms with van der Waals surface area (Å²) in [5, 5.41) is 10.3. The van der Waals surface area contributed by atoms with Crippen LogP contribution in [0.5, 0.6) is 0 Å². The Bertz CT molecular complexity index is 1420. The standard InChI is InChI=1S/C25H21N5OS/c1-16-5-6-18(24(31)27-20-8-7-17-9-11-30(2)23(17)13-20)12-21(16)28-25-29-22(15-32-25)19-4-3-10-26-14-19/h3-15H,1-2H3,(H,27,31)(H,28,29). The minimum atomic E-state index is -0.156. The lowest BCUT2D eigenvalue weighted by Crippen LogP contribution is -2.12. The van der Waals surface area contributed by atoms with Gasteiger partial charge in [0.25, 0.3) is 5.91 Å². The Balaban J connectivity index is 1.35. The van der Waals surface area contributed by atoms with Gasteiger partial charge in [0.05, 0.1) is 5.69 Å². The third-order valence-corrected chi connectivity index (χ3v) is 6.11. The van der Waals surface area contributed by atoms with Crippen molar-refractivity contribution >= 4 is 44.7 Å². The van der Waals surface area contributed by atoms with Crippen LogP contribution in [0.3, 0.4) is 0 Å². The molecule has 7 heteroatoms.